The molecule has 0 unspecified atom stereocenters. The molecule has 1 aromatic heterocycles. The summed E-state index contributed by atoms with van der Waals surface area (Å²) in [4.78, 5) is 8.95. The van der Waals surface area contributed by atoms with Crippen molar-refractivity contribution >= 4 is 16.7 Å². The number of amidine groups is 1. The Bertz CT molecular complexity index is 568. The van der Waals surface area contributed by atoms with Gasteiger partial charge in [-0.05, 0) is 18.2 Å². The molecule has 0 aliphatic rings. The highest BCUT2D eigenvalue weighted by molar-refractivity contribution is 6.02. The second-order valence-corrected chi connectivity index (χ2v) is 3.28. The monoisotopic (exact) mass is 232 g/mol. The Morgan fingerprint density at radius 3 is 2.82 bits per heavy atom. The van der Waals surface area contributed by atoms with Gasteiger partial charge in [0.1, 0.15) is 0 Å². The molecule has 7 N–H and O–H groups in total. The first-order chi connectivity index (χ1) is 8.30. The van der Waals surface area contributed by atoms with Crippen LogP contribution in [0.2, 0.25) is 0 Å². The number of rotatable bonds is 2. The van der Waals surface area contributed by atoms with E-state index >= 15 is 0 Å². The van der Waals surface area contributed by atoms with Crippen LogP contribution in [0.5, 0.6) is 5.75 Å². The maximum Gasteiger partial charge on any atom is 0.166 e. The summed E-state index contributed by atoms with van der Waals surface area (Å²) in [5.41, 5.74) is 3.87. The van der Waals surface area contributed by atoms with Crippen LogP contribution in [0, 0.1) is 0 Å². The topological polar surface area (TPSA) is 125 Å². The van der Waals surface area contributed by atoms with Crippen LogP contribution in [-0.2, 0) is 0 Å². The van der Waals surface area contributed by atoms with Crippen LogP contribution in [0.4, 0.5) is 0 Å². The summed E-state index contributed by atoms with van der Waals surface area (Å²) >= 11 is 0. The van der Waals surface area contributed by atoms with Gasteiger partial charge in [0, 0.05) is 23.2 Å². The number of hydrazone groups is 1. The predicted molar refractivity (Wildman–Crippen MR) is 64.6 cm³/mol. The molecule has 0 atom stereocenters. The van der Waals surface area contributed by atoms with Crippen molar-refractivity contribution in [2.45, 2.75) is 0 Å². The average molecular weight is 232 g/mol. The quantitative estimate of drug-likeness (QED) is 0.241. The molecule has 0 saturated heterocycles. The van der Waals surface area contributed by atoms with Crippen molar-refractivity contribution in [1.82, 2.24) is 10.4 Å². The van der Waals surface area contributed by atoms with E-state index in [9.17, 15) is 0 Å². The normalized spacial score (nSPS) is 11.5. The molecule has 1 aromatic carbocycles. The molecule has 0 amide bonds. The first kappa shape index (κ1) is 11.1. The van der Waals surface area contributed by atoms with E-state index in [0.29, 0.717) is 17.1 Å². The smallest absolute Gasteiger partial charge is 0.166 e. The zero-order chi connectivity index (χ0) is 12.3. The van der Waals surface area contributed by atoms with Crippen molar-refractivity contribution < 1.29 is 4.84 Å². The fourth-order valence-corrected chi connectivity index (χ4v) is 1.57. The first-order valence-electron chi connectivity index (χ1n) is 4.80. The van der Waals surface area contributed by atoms with Crippen molar-refractivity contribution in [2.24, 2.45) is 22.7 Å². The largest absolute Gasteiger partial charge is 0.411 e. The van der Waals surface area contributed by atoms with Gasteiger partial charge in [-0.15, -0.1) is 0 Å². The van der Waals surface area contributed by atoms with Crippen LogP contribution in [0.25, 0.3) is 10.9 Å². The number of aromatic nitrogens is 1. The SMILES string of the molecule is N/N=C(\NN)c1ccc2nccc(ON)c2c1. The molecule has 7 heteroatoms. The van der Waals surface area contributed by atoms with Gasteiger partial charge in [-0.2, -0.15) is 11.0 Å². The number of nitrogens with zero attached hydrogens (tertiary/aromatic N) is 2. The third-order valence-electron chi connectivity index (χ3n) is 2.37. The summed E-state index contributed by atoms with van der Waals surface area (Å²) in [6.45, 7) is 0. The van der Waals surface area contributed by atoms with Crippen LogP contribution in [0.15, 0.2) is 35.6 Å². The molecule has 0 aliphatic carbocycles. The van der Waals surface area contributed by atoms with Gasteiger partial charge >= 0.3 is 0 Å². The number of hydrogen-bond acceptors (Lipinski definition) is 6. The predicted octanol–water partition coefficient (Wildman–Crippen LogP) is -0.429. The fourth-order valence-electron chi connectivity index (χ4n) is 1.57. The Hall–Kier alpha value is -2.38. The lowest BCUT2D eigenvalue weighted by Gasteiger charge is -2.07. The lowest BCUT2D eigenvalue weighted by Crippen LogP contribution is -2.32. The summed E-state index contributed by atoms with van der Waals surface area (Å²) in [5.74, 6) is 16.6. The molecule has 0 aliphatic heterocycles. The first-order valence-corrected chi connectivity index (χ1v) is 4.80. The van der Waals surface area contributed by atoms with Crippen LogP contribution >= 0.6 is 0 Å². The molecule has 0 saturated carbocycles. The molecule has 0 fully saturated rings. The van der Waals surface area contributed by atoms with E-state index in [2.05, 4.69) is 15.5 Å². The number of hydrazine groups is 1. The number of nitrogens with one attached hydrogen (secondary N) is 1. The molecule has 7 nitrogen and oxygen atoms in total. The number of pyridine rings is 1. The summed E-state index contributed by atoms with van der Waals surface area (Å²) in [7, 11) is 0. The van der Waals surface area contributed by atoms with Gasteiger partial charge < -0.3 is 16.1 Å². The Kier molecular flexibility index (Phi) is 3.03. The van der Waals surface area contributed by atoms with Crippen LogP contribution in [0.3, 0.4) is 0 Å². The highest BCUT2D eigenvalue weighted by Gasteiger charge is 2.07. The molecule has 0 spiro atoms. The van der Waals surface area contributed by atoms with E-state index in [1.165, 1.54) is 0 Å². The van der Waals surface area contributed by atoms with E-state index in [-0.39, 0.29) is 0 Å². The minimum absolute atomic E-state index is 0.360. The van der Waals surface area contributed by atoms with E-state index < -0.39 is 0 Å². The third kappa shape index (κ3) is 1.96. The van der Waals surface area contributed by atoms with Gasteiger partial charge in [0.2, 0.25) is 0 Å². The molecule has 88 valence electrons. The van der Waals surface area contributed by atoms with Gasteiger partial charge in [0.05, 0.1) is 5.52 Å². The van der Waals surface area contributed by atoms with Crippen molar-refractivity contribution in [3.63, 3.8) is 0 Å². The fraction of sp³-hybridized carbons (Fsp3) is 0. The Morgan fingerprint density at radius 2 is 2.18 bits per heavy atom. The summed E-state index contributed by atoms with van der Waals surface area (Å²) in [5, 5.41) is 4.28. The third-order valence-corrected chi connectivity index (χ3v) is 2.37. The van der Waals surface area contributed by atoms with Gasteiger partial charge in [0.15, 0.2) is 11.6 Å². The zero-order valence-corrected chi connectivity index (χ0v) is 8.92. The second-order valence-electron chi connectivity index (χ2n) is 3.28. The molecule has 17 heavy (non-hydrogen) atoms. The van der Waals surface area contributed by atoms with E-state index in [1.54, 1.807) is 30.5 Å². The van der Waals surface area contributed by atoms with E-state index in [1.807, 2.05) is 0 Å². The molecular weight excluding hydrogens is 220 g/mol. The van der Waals surface area contributed by atoms with Gasteiger partial charge in [-0.1, -0.05) is 0 Å². The highest BCUT2D eigenvalue weighted by Crippen LogP contribution is 2.23. The lowest BCUT2D eigenvalue weighted by molar-refractivity contribution is 0.338. The molecule has 1 heterocycles. The Balaban J connectivity index is 2.63. The van der Waals surface area contributed by atoms with Crippen molar-refractivity contribution in [2.75, 3.05) is 0 Å². The van der Waals surface area contributed by atoms with Gasteiger partial charge in [-0.3, -0.25) is 4.98 Å². The standard InChI is InChI=1S/C10H12N6O/c11-15-10(16-12)6-1-2-8-7(5-6)9(17-13)3-4-14-8/h1-5H,11-13H2,(H,15,16). The number of hydrogen-bond donors (Lipinski definition) is 4. The Labute approximate surface area is 97.2 Å². The minimum atomic E-state index is 0.360. The summed E-state index contributed by atoms with van der Waals surface area (Å²) in [6.07, 6.45) is 1.61. The Morgan fingerprint density at radius 1 is 1.35 bits per heavy atom. The van der Waals surface area contributed by atoms with Crippen LogP contribution in [-0.4, -0.2) is 10.8 Å². The van der Waals surface area contributed by atoms with E-state index in [4.69, 9.17) is 22.4 Å². The maximum absolute atomic E-state index is 5.30. The van der Waals surface area contributed by atoms with E-state index in [0.717, 1.165) is 10.9 Å². The van der Waals surface area contributed by atoms with Crippen LogP contribution in [0.1, 0.15) is 5.56 Å². The number of fused-ring (bicyclic) bond motifs is 1. The average Bonchev–Trinajstić information content (AvgIpc) is 2.39. The lowest BCUT2D eigenvalue weighted by atomic mass is 10.1. The maximum atomic E-state index is 5.30. The highest BCUT2D eigenvalue weighted by atomic mass is 16.6. The molecular formula is C10H12N6O. The van der Waals surface area contributed by atoms with Crippen molar-refractivity contribution in [1.29, 1.82) is 0 Å². The van der Waals surface area contributed by atoms with Crippen LogP contribution < -0.4 is 27.8 Å². The summed E-state index contributed by atoms with van der Waals surface area (Å²) in [6, 6.07) is 7.05. The number of nitrogens with two attached hydrogens (primary N) is 3. The zero-order valence-electron chi connectivity index (χ0n) is 8.92. The van der Waals surface area contributed by atoms with Gasteiger partial charge in [-0.25, -0.2) is 5.84 Å². The minimum Gasteiger partial charge on any atom is -0.411 e. The second kappa shape index (κ2) is 4.64. The summed E-state index contributed by atoms with van der Waals surface area (Å²) < 4.78 is 0. The molecule has 2 aromatic rings. The molecule has 2 rings (SSSR count). The van der Waals surface area contributed by atoms with Gasteiger partial charge in [0.25, 0.3) is 0 Å². The molecule has 0 radical (unpaired) electrons. The van der Waals surface area contributed by atoms with Crippen molar-refractivity contribution in [3.8, 4) is 5.75 Å². The van der Waals surface area contributed by atoms with Crippen molar-refractivity contribution in [3.05, 3.63) is 36.0 Å². The number of benzene rings is 1. The molecule has 0 bridgehead atoms.